The van der Waals surface area contributed by atoms with Crippen LogP contribution in [0.15, 0.2) is 66.7 Å². The molecule has 1 N–H and O–H groups in total. The van der Waals surface area contributed by atoms with Crippen LogP contribution in [0, 0.1) is 0 Å². The summed E-state index contributed by atoms with van der Waals surface area (Å²) in [4.78, 5) is 23.3. The molecule has 0 unspecified atom stereocenters. The van der Waals surface area contributed by atoms with Crippen LogP contribution in [0.25, 0.3) is 17.0 Å². The first-order valence-corrected chi connectivity index (χ1v) is 15.4. The van der Waals surface area contributed by atoms with Gasteiger partial charge in [-0.2, -0.15) is 0 Å². The Bertz CT molecular complexity index is 1710. The van der Waals surface area contributed by atoms with E-state index in [1.807, 2.05) is 53.4 Å². The highest BCUT2D eigenvalue weighted by atomic mass is 16.7. The lowest BCUT2D eigenvalue weighted by atomic mass is 10.0. The van der Waals surface area contributed by atoms with Crippen molar-refractivity contribution in [2.75, 3.05) is 31.9 Å². The maximum atomic E-state index is 13.9. The molecule has 44 heavy (non-hydrogen) atoms. The Morgan fingerprint density at radius 1 is 1.00 bits per heavy atom. The van der Waals surface area contributed by atoms with Crippen LogP contribution >= 0.6 is 0 Å². The fraction of sp³-hybridized carbons (Fsp3) is 0.333. The SMILES string of the molecule is COc1ccc(/C=C/C(=O)N(Cc2ccc3c(c2)OCO3)Cc2cc3cc4c(cc3nc2N2CCC(O)CC2)CCC4)cc1. The van der Waals surface area contributed by atoms with Gasteiger partial charge in [0.05, 0.1) is 18.7 Å². The van der Waals surface area contributed by atoms with Crippen molar-refractivity contribution in [2.45, 2.75) is 51.3 Å². The van der Waals surface area contributed by atoms with Gasteiger partial charge in [-0.1, -0.05) is 18.2 Å². The predicted molar refractivity (Wildman–Crippen MR) is 170 cm³/mol. The first kappa shape index (κ1) is 28.2. The van der Waals surface area contributed by atoms with Crippen LogP contribution in [0.5, 0.6) is 17.2 Å². The Labute approximate surface area is 257 Å². The van der Waals surface area contributed by atoms with Gasteiger partial charge in [-0.3, -0.25) is 4.79 Å². The maximum absolute atomic E-state index is 13.9. The van der Waals surface area contributed by atoms with Crippen LogP contribution < -0.4 is 19.1 Å². The number of aliphatic hydroxyl groups is 1. The third-order valence-electron chi connectivity index (χ3n) is 8.87. The third kappa shape index (κ3) is 5.95. The molecule has 1 fully saturated rings. The molecule has 8 heteroatoms. The molecule has 4 aromatic rings. The summed E-state index contributed by atoms with van der Waals surface area (Å²) in [7, 11) is 1.64. The molecule has 1 aliphatic carbocycles. The van der Waals surface area contributed by atoms with Gasteiger partial charge in [0.2, 0.25) is 12.7 Å². The zero-order valence-electron chi connectivity index (χ0n) is 25.0. The Balaban J connectivity index is 1.24. The maximum Gasteiger partial charge on any atom is 0.247 e. The van der Waals surface area contributed by atoms with E-state index >= 15 is 0 Å². The summed E-state index contributed by atoms with van der Waals surface area (Å²) >= 11 is 0. The van der Waals surface area contributed by atoms with Crippen molar-refractivity contribution in [1.82, 2.24) is 9.88 Å². The van der Waals surface area contributed by atoms with Gasteiger partial charge in [0.1, 0.15) is 11.6 Å². The second-order valence-corrected chi connectivity index (χ2v) is 11.8. The average molecular weight is 592 g/mol. The molecule has 0 bridgehead atoms. The lowest BCUT2D eigenvalue weighted by molar-refractivity contribution is -0.127. The largest absolute Gasteiger partial charge is 0.497 e. The molecule has 3 aliphatic rings. The number of hydrogen-bond acceptors (Lipinski definition) is 7. The number of hydrogen-bond donors (Lipinski definition) is 1. The molecule has 0 spiro atoms. The first-order chi connectivity index (χ1) is 21.5. The molecule has 7 rings (SSSR count). The van der Waals surface area contributed by atoms with Gasteiger partial charge in [0, 0.05) is 43.2 Å². The number of benzene rings is 3. The van der Waals surface area contributed by atoms with Crippen molar-refractivity contribution >= 4 is 28.7 Å². The number of amides is 1. The highest BCUT2D eigenvalue weighted by molar-refractivity contribution is 5.92. The number of carbonyl (C=O) groups excluding carboxylic acids is 1. The van der Waals surface area contributed by atoms with E-state index in [1.54, 1.807) is 13.2 Å². The lowest BCUT2D eigenvalue weighted by Gasteiger charge is -2.33. The molecule has 0 saturated carbocycles. The number of piperidine rings is 1. The Morgan fingerprint density at radius 2 is 1.77 bits per heavy atom. The number of aromatic nitrogens is 1. The van der Waals surface area contributed by atoms with Gasteiger partial charge >= 0.3 is 0 Å². The van der Waals surface area contributed by atoms with E-state index in [1.165, 1.54) is 17.5 Å². The summed E-state index contributed by atoms with van der Waals surface area (Å²) in [5, 5.41) is 11.3. The van der Waals surface area contributed by atoms with Crippen molar-refractivity contribution in [1.29, 1.82) is 0 Å². The number of rotatable bonds is 8. The highest BCUT2D eigenvalue weighted by Crippen LogP contribution is 2.34. The summed E-state index contributed by atoms with van der Waals surface area (Å²) in [5.74, 6) is 2.96. The molecule has 2 aliphatic heterocycles. The molecule has 0 atom stereocenters. The lowest BCUT2D eigenvalue weighted by Crippen LogP contribution is -2.37. The van der Waals surface area contributed by atoms with E-state index in [4.69, 9.17) is 19.2 Å². The number of methoxy groups -OCH3 is 1. The minimum absolute atomic E-state index is 0.104. The zero-order chi connectivity index (χ0) is 30.0. The standard InChI is InChI=1S/C36H37N3O5/c1-42-31-9-5-24(6-10-31)8-12-35(41)39(21-25-7-11-33-34(17-25)44-23-43-33)22-29-19-28-18-26-3-2-4-27(26)20-32(28)37-36(29)38-15-13-30(40)14-16-38/h5-12,17-20,30,40H,2-4,13-16,21-23H2,1H3/b12-8+. The van der Waals surface area contributed by atoms with E-state index in [9.17, 15) is 9.90 Å². The minimum atomic E-state index is -0.286. The second kappa shape index (κ2) is 12.2. The smallest absolute Gasteiger partial charge is 0.247 e. The molecule has 8 nitrogen and oxygen atoms in total. The summed E-state index contributed by atoms with van der Waals surface area (Å²) in [5.41, 5.74) is 6.64. The van der Waals surface area contributed by atoms with Crippen LogP contribution in [0.3, 0.4) is 0 Å². The van der Waals surface area contributed by atoms with Gasteiger partial charge in [-0.25, -0.2) is 4.98 Å². The van der Waals surface area contributed by atoms with Gasteiger partial charge in [-0.15, -0.1) is 0 Å². The van der Waals surface area contributed by atoms with E-state index in [0.717, 1.165) is 65.1 Å². The molecule has 0 radical (unpaired) electrons. The number of carbonyl (C=O) groups is 1. The second-order valence-electron chi connectivity index (χ2n) is 11.8. The van der Waals surface area contributed by atoms with Crippen molar-refractivity contribution < 1.29 is 24.1 Å². The summed E-state index contributed by atoms with van der Waals surface area (Å²) in [6.45, 7) is 2.43. The Morgan fingerprint density at radius 3 is 2.57 bits per heavy atom. The van der Waals surface area contributed by atoms with Crippen molar-refractivity contribution in [3.8, 4) is 17.2 Å². The van der Waals surface area contributed by atoms with Crippen LogP contribution in [-0.4, -0.2) is 54.0 Å². The number of nitrogens with zero attached hydrogens (tertiary/aromatic N) is 3. The molecule has 1 saturated heterocycles. The zero-order valence-corrected chi connectivity index (χ0v) is 25.0. The normalized spacial score (nSPS) is 16.1. The van der Waals surface area contributed by atoms with Crippen LogP contribution in [-0.2, 0) is 30.7 Å². The van der Waals surface area contributed by atoms with Crippen LogP contribution in [0.2, 0.25) is 0 Å². The summed E-state index contributed by atoms with van der Waals surface area (Å²) < 4.78 is 16.4. The number of ether oxygens (including phenoxy) is 3. The van der Waals surface area contributed by atoms with Gasteiger partial charge in [0.25, 0.3) is 0 Å². The quantitative estimate of drug-likeness (QED) is 0.265. The van der Waals surface area contributed by atoms with Crippen molar-refractivity contribution in [3.05, 3.63) is 94.6 Å². The number of aliphatic hydroxyl groups excluding tert-OH is 1. The number of anilines is 1. The summed E-state index contributed by atoms with van der Waals surface area (Å²) in [6.07, 6.45) is 7.95. The number of fused-ring (bicyclic) bond motifs is 3. The summed E-state index contributed by atoms with van der Waals surface area (Å²) in [6, 6.07) is 20.2. The van der Waals surface area contributed by atoms with E-state index in [2.05, 4.69) is 23.1 Å². The fourth-order valence-corrected chi connectivity index (χ4v) is 6.41. The van der Waals surface area contributed by atoms with E-state index in [-0.39, 0.29) is 18.8 Å². The Kier molecular flexibility index (Phi) is 7.83. The fourth-order valence-electron chi connectivity index (χ4n) is 6.41. The monoisotopic (exact) mass is 591 g/mol. The Hall–Kier alpha value is -4.56. The van der Waals surface area contributed by atoms with Gasteiger partial charge < -0.3 is 29.1 Å². The molecule has 1 amide bonds. The molecule has 226 valence electrons. The van der Waals surface area contributed by atoms with E-state index < -0.39 is 0 Å². The predicted octanol–water partition coefficient (Wildman–Crippen LogP) is 5.66. The van der Waals surface area contributed by atoms with Crippen molar-refractivity contribution in [2.24, 2.45) is 0 Å². The number of pyridine rings is 1. The molecular formula is C36H37N3O5. The van der Waals surface area contributed by atoms with Gasteiger partial charge in [-0.05, 0) is 103 Å². The number of aryl methyl sites for hydroxylation is 2. The van der Waals surface area contributed by atoms with E-state index in [0.29, 0.717) is 37.4 Å². The first-order valence-electron chi connectivity index (χ1n) is 15.4. The van der Waals surface area contributed by atoms with Crippen LogP contribution in [0.4, 0.5) is 5.82 Å². The highest BCUT2D eigenvalue weighted by Gasteiger charge is 2.25. The molecule has 3 heterocycles. The topological polar surface area (TPSA) is 84.4 Å². The third-order valence-corrected chi connectivity index (χ3v) is 8.87. The van der Waals surface area contributed by atoms with Gasteiger partial charge in [0.15, 0.2) is 11.5 Å². The minimum Gasteiger partial charge on any atom is -0.497 e. The molecule has 1 aromatic heterocycles. The average Bonchev–Trinajstić information content (AvgIpc) is 3.71. The molecule has 3 aromatic carbocycles. The van der Waals surface area contributed by atoms with Crippen molar-refractivity contribution in [3.63, 3.8) is 0 Å². The van der Waals surface area contributed by atoms with Crippen LogP contribution in [0.1, 0.15) is 47.1 Å². The molecular weight excluding hydrogens is 554 g/mol.